The second-order valence-corrected chi connectivity index (χ2v) is 14.2. The van der Waals surface area contributed by atoms with E-state index in [9.17, 15) is 15.2 Å². The van der Waals surface area contributed by atoms with Crippen LogP contribution in [0, 0.1) is 25.2 Å². The maximum atomic E-state index is 13.8. The molecule has 0 aliphatic carbocycles. The third kappa shape index (κ3) is 5.84. The molecule has 4 heterocycles. The number of phenols is 1. The fraction of sp³-hybridized carbons (Fsp3) is 0.410. The first-order valence-corrected chi connectivity index (χ1v) is 17.9. The lowest BCUT2D eigenvalue weighted by atomic mass is 9.71. The summed E-state index contributed by atoms with van der Waals surface area (Å²) in [5, 5.41) is 32.4. The second-order valence-electron chi connectivity index (χ2n) is 13.8. The van der Waals surface area contributed by atoms with Crippen LogP contribution in [0.25, 0.3) is 0 Å². The van der Waals surface area contributed by atoms with Crippen molar-refractivity contribution in [3.05, 3.63) is 82.4 Å². The van der Waals surface area contributed by atoms with E-state index in [1.807, 2.05) is 51.2 Å². The van der Waals surface area contributed by atoms with E-state index in [2.05, 4.69) is 44.5 Å². The minimum atomic E-state index is -0.671. The number of rotatable bonds is 9. The molecule has 0 saturated carbocycles. The van der Waals surface area contributed by atoms with Crippen LogP contribution in [-0.2, 0) is 17.6 Å². The zero-order valence-electron chi connectivity index (χ0n) is 30.0. The molecule has 6 atom stereocenters. The number of phenolic OH excluding ortho intramolecular Hbond substituents is 1. The van der Waals surface area contributed by atoms with Gasteiger partial charge in [-0.15, -0.1) is 0 Å². The quantitative estimate of drug-likeness (QED) is 0.182. The Labute approximate surface area is 309 Å². The van der Waals surface area contributed by atoms with Crippen LogP contribution in [0.1, 0.15) is 52.4 Å². The number of fused-ring (bicyclic) bond motifs is 9. The number of aromatic hydroxyl groups is 1. The largest absolute Gasteiger partial charge is 0.504 e. The summed E-state index contributed by atoms with van der Waals surface area (Å²) >= 11 is 5.51. The molecule has 4 aliphatic rings. The smallest absolute Gasteiger partial charge is 0.242 e. The Morgan fingerprint density at radius 3 is 2.63 bits per heavy atom. The Bertz CT molecular complexity index is 1970. The number of amides is 1. The summed E-state index contributed by atoms with van der Waals surface area (Å²) in [5.41, 5.74) is 5.99. The molecular formula is C39H44N6O6S. The molecule has 4 N–H and O–H groups in total. The summed E-state index contributed by atoms with van der Waals surface area (Å²) in [7, 11) is 3.59. The van der Waals surface area contributed by atoms with Crippen LogP contribution < -0.4 is 34.9 Å². The van der Waals surface area contributed by atoms with E-state index in [0.717, 1.165) is 39.1 Å². The van der Waals surface area contributed by atoms with Crippen LogP contribution >= 0.6 is 12.2 Å². The van der Waals surface area contributed by atoms with Crippen LogP contribution in [0.2, 0.25) is 0 Å². The van der Waals surface area contributed by atoms with Gasteiger partial charge in [0.15, 0.2) is 28.1 Å². The van der Waals surface area contributed by atoms with Gasteiger partial charge in [-0.3, -0.25) is 14.6 Å². The molecule has 0 spiro atoms. The lowest BCUT2D eigenvalue weighted by Crippen LogP contribution is -2.69. The lowest BCUT2D eigenvalue weighted by Gasteiger charge is -2.60. The summed E-state index contributed by atoms with van der Waals surface area (Å²) in [4.78, 5) is 18.2. The van der Waals surface area contributed by atoms with Crippen molar-refractivity contribution in [2.75, 3.05) is 39.4 Å². The predicted octanol–water partition coefficient (Wildman–Crippen LogP) is 4.57. The molecule has 1 fully saturated rings. The first-order chi connectivity index (χ1) is 25.1. The van der Waals surface area contributed by atoms with Gasteiger partial charge in [-0.2, -0.15) is 5.26 Å². The van der Waals surface area contributed by atoms with Gasteiger partial charge >= 0.3 is 0 Å². The third-order valence-electron chi connectivity index (χ3n) is 10.9. The van der Waals surface area contributed by atoms with E-state index in [1.54, 1.807) is 20.1 Å². The number of piperazine rings is 1. The van der Waals surface area contributed by atoms with Gasteiger partial charge in [0.2, 0.25) is 12.7 Å². The molecule has 7 rings (SSSR count). The number of hydrogen-bond acceptors (Lipinski definition) is 10. The van der Waals surface area contributed by atoms with Gasteiger partial charge in [0, 0.05) is 46.6 Å². The number of carbonyl (C=O) groups is 1. The topological polar surface area (TPSA) is 141 Å². The van der Waals surface area contributed by atoms with Gasteiger partial charge < -0.3 is 40.0 Å². The van der Waals surface area contributed by atoms with E-state index in [1.165, 1.54) is 0 Å². The highest BCUT2D eigenvalue weighted by atomic mass is 32.1. The van der Waals surface area contributed by atoms with Crippen LogP contribution in [0.15, 0.2) is 49.1 Å². The Morgan fingerprint density at radius 1 is 1.17 bits per heavy atom. The van der Waals surface area contributed by atoms with Gasteiger partial charge in [-0.05, 0) is 76.1 Å². The van der Waals surface area contributed by atoms with Crippen molar-refractivity contribution in [2.24, 2.45) is 0 Å². The highest BCUT2D eigenvalue weighted by Gasteiger charge is 2.56. The normalized spacial score (nSPS) is 23.2. The molecule has 0 radical (unpaired) electrons. The summed E-state index contributed by atoms with van der Waals surface area (Å²) in [5.74, 6) is 2.14. The van der Waals surface area contributed by atoms with Crippen molar-refractivity contribution in [1.82, 2.24) is 20.4 Å². The number of ether oxygens (including phenoxy) is 4. The van der Waals surface area contributed by atoms with Crippen molar-refractivity contribution in [2.45, 2.75) is 69.9 Å². The average molecular weight is 725 g/mol. The van der Waals surface area contributed by atoms with Gasteiger partial charge in [0.25, 0.3) is 0 Å². The fourth-order valence-electron chi connectivity index (χ4n) is 8.67. The van der Waals surface area contributed by atoms with Crippen molar-refractivity contribution in [3.63, 3.8) is 0 Å². The van der Waals surface area contributed by atoms with Crippen molar-refractivity contribution in [1.29, 1.82) is 5.26 Å². The van der Waals surface area contributed by atoms with Crippen molar-refractivity contribution >= 4 is 28.9 Å². The molecule has 0 aromatic heterocycles. The summed E-state index contributed by atoms with van der Waals surface area (Å²) in [6, 6.07) is 11.7. The van der Waals surface area contributed by atoms with Crippen molar-refractivity contribution in [3.8, 4) is 34.8 Å². The molecule has 2 bridgehead atoms. The molecule has 1 amide bonds. The van der Waals surface area contributed by atoms with Crippen LogP contribution in [0.3, 0.4) is 0 Å². The number of nitrogens with one attached hydrogen (secondary N) is 3. The van der Waals surface area contributed by atoms with Gasteiger partial charge in [0.05, 0.1) is 25.3 Å². The first kappa shape index (κ1) is 35.4. The number of nitrogens with zero attached hydrogens (tertiary/aromatic N) is 3. The molecule has 13 heteroatoms. The zero-order chi connectivity index (χ0) is 36.8. The predicted molar refractivity (Wildman–Crippen MR) is 200 cm³/mol. The van der Waals surface area contributed by atoms with Crippen molar-refractivity contribution < 1.29 is 28.8 Å². The zero-order valence-corrected chi connectivity index (χ0v) is 30.8. The molecule has 3 aromatic rings. The van der Waals surface area contributed by atoms with Crippen LogP contribution in [0.5, 0.6) is 28.7 Å². The highest BCUT2D eigenvalue weighted by molar-refractivity contribution is 7.80. The molecule has 272 valence electrons. The number of nitriles is 1. The maximum absolute atomic E-state index is 13.8. The third-order valence-corrected chi connectivity index (χ3v) is 11.1. The molecule has 52 heavy (non-hydrogen) atoms. The number of carbonyl (C=O) groups excluding carboxylic acids is 1. The number of hydrogen-bond donors (Lipinski definition) is 4. The molecule has 1 unspecified atom stereocenters. The maximum Gasteiger partial charge on any atom is 0.242 e. The van der Waals surface area contributed by atoms with Gasteiger partial charge in [-0.25, -0.2) is 0 Å². The number of methoxy groups -OCH3 is 1. The second kappa shape index (κ2) is 14.2. The van der Waals surface area contributed by atoms with E-state index >= 15 is 0 Å². The van der Waals surface area contributed by atoms with Gasteiger partial charge in [0.1, 0.15) is 24.4 Å². The first-order valence-electron chi connectivity index (χ1n) is 17.5. The Hall–Kier alpha value is -5.03. The monoisotopic (exact) mass is 724 g/mol. The Morgan fingerprint density at radius 2 is 1.92 bits per heavy atom. The number of likely N-dealkylation sites (N-methyl/N-ethyl adjacent to an activating group) is 1. The number of aryl methyl sites for hydroxylation is 1. The number of benzene rings is 3. The van der Waals surface area contributed by atoms with E-state index in [-0.39, 0.29) is 49.7 Å². The Balaban J connectivity index is 1.31. The minimum absolute atomic E-state index is 0.0406. The minimum Gasteiger partial charge on any atom is -0.504 e. The molecule has 12 nitrogen and oxygen atoms in total. The van der Waals surface area contributed by atoms with Crippen LogP contribution in [0.4, 0.5) is 5.69 Å². The number of para-hydroxylation sites is 1. The SMILES string of the molecule is C=CCOc1c(C)c2c(c3c1CC1[C@H]4c5c(cc(C)c(OC)c5O)C[C@H]([C@H](C#N)N1[C@H]3CNC(=O)[C@@H](C)NC(=S)Nc1ccccc1)N4C)OCO2. The summed E-state index contributed by atoms with van der Waals surface area (Å²) in [6.45, 7) is 9.96. The van der Waals surface area contributed by atoms with E-state index in [4.69, 9.17) is 31.2 Å². The van der Waals surface area contributed by atoms with Crippen LogP contribution in [-0.4, -0.2) is 84.2 Å². The number of thiocarbonyl (C=S) groups is 1. The standard InChI is InChI=1S/C39H44N6O6S/c1-7-13-49-35-21(3)36-37(51-19-50-36)31-25(35)16-27-32-30-23(14-20(2)34(48-6)33(30)46)15-26(44(32)5)28(17-40)45(27)29(31)18-41-38(47)22(4)42-39(52)43-24-11-9-8-10-12-24/h7-12,14,22,26-29,32,46H,1,13,15-16,18-19H2,2-6H3,(H,41,47)(H2,42,43,52)/t22-,26-,27?,28+,29+,32+/m1/s1. The molecule has 4 aliphatic heterocycles. The fourth-order valence-corrected chi connectivity index (χ4v) is 8.96. The Kier molecular flexibility index (Phi) is 9.65. The molecular weight excluding hydrogens is 681 g/mol. The van der Waals surface area contributed by atoms with Gasteiger partial charge in [-0.1, -0.05) is 36.9 Å². The lowest BCUT2D eigenvalue weighted by molar-refractivity contribution is -0.123. The summed E-state index contributed by atoms with van der Waals surface area (Å²) in [6.07, 6.45) is 2.74. The molecule has 3 aromatic carbocycles. The summed E-state index contributed by atoms with van der Waals surface area (Å²) < 4.78 is 24.3. The molecule has 1 saturated heterocycles. The van der Waals surface area contributed by atoms with E-state index in [0.29, 0.717) is 41.0 Å². The van der Waals surface area contributed by atoms with E-state index < -0.39 is 18.1 Å². The average Bonchev–Trinajstić information content (AvgIpc) is 3.62. The number of anilines is 1. The highest BCUT2D eigenvalue weighted by Crippen LogP contribution is 2.58.